The largest absolute Gasteiger partial charge is 0.329 e. The minimum Gasteiger partial charge on any atom is -0.329 e. The van der Waals surface area contributed by atoms with Gasteiger partial charge in [-0.05, 0) is 12.1 Å². The van der Waals surface area contributed by atoms with Crippen molar-refractivity contribution in [2.24, 2.45) is 5.73 Å². The van der Waals surface area contributed by atoms with E-state index in [1.807, 2.05) is 0 Å². The Kier molecular flexibility index (Phi) is 3.43. The van der Waals surface area contributed by atoms with Crippen LogP contribution < -0.4 is 10.5 Å². The van der Waals surface area contributed by atoms with E-state index >= 15 is 0 Å². The van der Waals surface area contributed by atoms with Crippen LogP contribution in [0.15, 0.2) is 24.3 Å². The van der Waals surface area contributed by atoms with E-state index in [4.69, 9.17) is 5.73 Å². The SMILES string of the molecule is NCCS(=O)(=O)Nc1ccccc1F. The highest BCUT2D eigenvalue weighted by atomic mass is 32.2. The second kappa shape index (κ2) is 4.39. The number of para-hydroxylation sites is 1. The van der Waals surface area contributed by atoms with Gasteiger partial charge in [-0.15, -0.1) is 0 Å². The van der Waals surface area contributed by atoms with E-state index in [9.17, 15) is 12.8 Å². The van der Waals surface area contributed by atoms with E-state index in [2.05, 4.69) is 4.72 Å². The molecule has 0 aromatic heterocycles. The van der Waals surface area contributed by atoms with Crippen LogP contribution in [0.3, 0.4) is 0 Å². The Labute approximate surface area is 82.0 Å². The monoisotopic (exact) mass is 218 g/mol. The van der Waals surface area contributed by atoms with Crippen molar-refractivity contribution in [2.75, 3.05) is 17.0 Å². The molecule has 3 N–H and O–H groups in total. The van der Waals surface area contributed by atoms with Crippen LogP contribution in [0.5, 0.6) is 0 Å². The lowest BCUT2D eigenvalue weighted by Gasteiger charge is -2.06. The Bertz CT molecular complexity index is 406. The van der Waals surface area contributed by atoms with Gasteiger partial charge in [0.1, 0.15) is 5.82 Å². The number of rotatable bonds is 4. The molecule has 0 aliphatic heterocycles. The molecule has 0 amide bonds. The zero-order valence-corrected chi connectivity index (χ0v) is 8.22. The normalized spacial score (nSPS) is 11.3. The summed E-state index contributed by atoms with van der Waals surface area (Å²) in [6.45, 7) is 0.00376. The van der Waals surface area contributed by atoms with E-state index in [-0.39, 0.29) is 18.0 Å². The molecule has 0 unspecified atom stereocenters. The molecule has 0 radical (unpaired) electrons. The molecular weight excluding hydrogens is 207 g/mol. The maximum atomic E-state index is 13.0. The molecule has 1 rings (SSSR count). The zero-order valence-electron chi connectivity index (χ0n) is 7.40. The Morgan fingerprint density at radius 1 is 1.36 bits per heavy atom. The van der Waals surface area contributed by atoms with E-state index in [0.29, 0.717) is 0 Å². The summed E-state index contributed by atoms with van der Waals surface area (Å²) in [6.07, 6.45) is 0. The number of sulfonamides is 1. The van der Waals surface area contributed by atoms with Crippen molar-refractivity contribution in [2.45, 2.75) is 0 Å². The van der Waals surface area contributed by atoms with Gasteiger partial charge in [-0.1, -0.05) is 12.1 Å². The Balaban J connectivity index is 2.84. The maximum Gasteiger partial charge on any atom is 0.234 e. The number of nitrogens with two attached hydrogens (primary N) is 1. The van der Waals surface area contributed by atoms with Crippen LogP contribution >= 0.6 is 0 Å². The summed E-state index contributed by atoms with van der Waals surface area (Å²) in [5.41, 5.74) is 5.04. The Morgan fingerprint density at radius 3 is 2.57 bits per heavy atom. The quantitative estimate of drug-likeness (QED) is 0.774. The molecule has 0 atom stereocenters. The minimum atomic E-state index is -3.52. The maximum absolute atomic E-state index is 13.0. The average Bonchev–Trinajstić information content (AvgIpc) is 2.08. The molecule has 78 valence electrons. The third-order valence-electron chi connectivity index (χ3n) is 1.53. The second-order valence-electron chi connectivity index (χ2n) is 2.69. The molecular formula is C8H11FN2O2S. The van der Waals surface area contributed by atoms with Crippen molar-refractivity contribution in [3.63, 3.8) is 0 Å². The number of hydrogen-bond donors (Lipinski definition) is 2. The molecule has 6 heteroatoms. The summed E-state index contributed by atoms with van der Waals surface area (Å²) in [5, 5.41) is 0. The molecule has 0 saturated heterocycles. The fourth-order valence-corrected chi connectivity index (χ4v) is 1.83. The van der Waals surface area contributed by atoms with Gasteiger partial charge in [0.15, 0.2) is 0 Å². The first-order valence-electron chi connectivity index (χ1n) is 4.00. The molecule has 14 heavy (non-hydrogen) atoms. The van der Waals surface area contributed by atoms with E-state index in [1.165, 1.54) is 18.2 Å². The third kappa shape index (κ3) is 2.97. The van der Waals surface area contributed by atoms with Crippen LogP contribution in [-0.4, -0.2) is 20.7 Å². The molecule has 0 saturated carbocycles. The van der Waals surface area contributed by atoms with Crippen molar-refractivity contribution in [1.82, 2.24) is 0 Å². The fraction of sp³-hybridized carbons (Fsp3) is 0.250. The summed E-state index contributed by atoms with van der Waals surface area (Å²) in [4.78, 5) is 0. The van der Waals surface area contributed by atoms with Gasteiger partial charge in [0.25, 0.3) is 0 Å². The minimum absolute atomic E-state index is 0.00376. The van der Waals surface area contributed by atoms with Gasteiger partial charge in [0, 0.05) is 6.54 Å². The molecule has 4 nitrogen and oxygen atoms in total. The van der Waals surface area contributed by atoms with E-state index < -0.39 is 15.8 Å². The number of hydrogen-bond acceptors (Lipinski definition) is 3. The van der Waals surface area contributed by atoms with Crippen LogP contribution in [0.4, 0.5) is 10.1 Å². The van der Waals surface area contributed by atoms with Crippen LogP contribution in [0.2, 0.25) is 0 Å². The fourth-order valence-electron chi connectivity index (χ4n) is 0.918. The highest BCUT2D eigenvalue weighted by Gasteiger charge is 2.10. The summed E-state index contributed by atoms with van der Waals surface area (Å²) in [7, 11) is -3.52. The Morgan fingerprint density at radius 2 is 2.00 bits per heavy atom. The van der Waals surface area contributed by atoms with Gasteiger partial charge in [-0.25, -0.2) is 12.8 Å². The summed E-state index contributed by atoms with van der Waals surface area (Å²) in [6, 6.07) is 5.56. The predicted octanol–water partition coefficient (Wildman–Crippen LogP) is 0.526. The molecule has 0 spiro atoms. The lowest BCUT2D eigenvalue weighted by Crippen LogP contribution is -2.22. The molecule has 0 heterocycles. The van der Waals surface area contributed by atoms with Gasteiger partial charge in [0.2, 0.25) is 10.0 Å². The first kappa shape index (κ1) is 10.9. The number of nitrogens with one attached hydrogen (secondary N) is 1. The predicted molar refractivity (Wildman–Crippen MR) is 52.9 cm³/mol. The zero-order chi connectivity index (χ0) is 10.6. The molecule has 0 aliphatic carbocycles. The molecule has 1 aromatic rings. The molecule has 0 aliphatic rings. The highest BCUT2D eigenvalue weighted by molar-refractivity contribution is 7.92. The highest BCUT2D eigenvalue weighted by Crippen LogP contribution is 2.13. The smallest absolute Gasteiger partial charge is 0.234 e. The Hall–Kier alpha value is -1.14. The lowest BCUT2D eigenvalue weighted by atomic mass is 10.3. The number of anilines is 1. The van der Waals surface area contributed by atoms with E-state index in [0.717, 1.165) is 0 Å². The van der Waals surface area contributed by atoms with Crippen LogP contribution in [0.1, 0.15) is 0 Å². The van der Waals surface area contributed by atoms with Crippen molar-refractivity contribution in [3.8, 4) is 0 Å². The summed E-state index contributed by atoms with van der Waals surface area (Å²) >= 11 is 0. The standard InChI is InChI=1S/C8H11FN2O2S/c9-7-3-1-2-4-8(7)11-14(12,13)6-5-10/h1-4,11H,5-6,10H2. The van der Waals surface area contributed by atoms with E-state index in [1.54, 1.807) is 6.07 Å². The first-order chi connectivity index (χ1) is 6.55. The van der Waals surface area contributed by atoms with Gasteiger partial charge in [0.05, 0.1) is 11.4 Å². The lowest BCUT2D eigenvalue weighted by molar-refractivity contribution is 0.598. The van der Waals surface area contributed by atoms with Crippen molar-refractivity contribution in [3.05, 3.63) is 30.1 Å². The van der Waals surface area contributed by atoms with Crippen LogP contribution in [-0.2, 0) is 10.0 Å². The van der Waals surface area contributed by atoms with Gasteiger partial charge in [-0.2, -0.15) is 0 Å². The summed E-state index contributed by atoms with van der Waals surface area (Å²) in [5.74, 6) is -0.825. The average molecular weight is 218 g/mol. The van der Waals surface area contributed by atoms with Gasteiger partial charge in [-0.3, -0.25) is 4.72 Å². The summed E-state index contributed by atoms with van der Waals surface area (Å²) < 4.78 is 37.5. The van der Waals surface area contributed by atoms with Gasteiger partial charge < -0.3 is 5.73 Å². The number of halogens is 1. The van der Waals surface area contributed by atoms with Crippen molar-refractivity contribution in [1.29, 1.82) is 0 Å². The molecule has 1 aromatic carbocycles. The van der Waals surface area contributed by atoms with Crippen molar-refractivity contribution >= 4 is 15.7 Å². The van der Waals surface area contributed by atoms with Crippen LogP contribution in [0, 0.1) is 5.82 Å². The number of benzene rings is 1. The van der Waals surface area contributed by atoms with Crippen molar-refractivity contribution < 1.29 is 12.8 Å². The molecule has 0 fully saturated rings. The topological polar surface area (TPSA) is 72.2 Å². The van der Waals surface area contributed by atoms with Gasteiger partial charge >= 0.3 is 0 Å². The van der Waals surface area contributed by atoms with Crippen LogP contribution in [0.25, 0.3) is 0 Å². The second-order valence-corrected chi connectivity index (χ2v) is 4.53. The molecule has 0 bridgehead atoms. The first-order valence-corrected chi connectivity index (χ1v) is 5.65. The third-order valence-corrected chi connectivity index (χ3v) is 2.83.